The first-order valence-electron chi connectivity index (χ1n) is 4.89. The summed E-state index contributed by atoms with van der Waals surface area (Å²) in [5.74, 6) is 0. The van der Waals surface area contributed by atoms with E-state index in [1.54, 1.807) is 0 Å². The smallest absolute Gasteiger partial charge is 0.0832 e. The van der Waals surface area contributed by atoms with E-state index in [0.29, 0.717) is 10.0 Å². The predicted molar refractivity (Wildman–Crippen MR) is 61.4 cm³/mol. The summed E-state index contributed by atoms with van der Waals surface area (Å²) in [5, 5.41) is 1.16. The van der Waals surface area contributed by atoms with Crippen LogP contribution in [-0.4, -0.2) is 13.1 Å². The van der Waals surface area contributed by atoms with Crippen LogP contribution in [0.3, 0.4) is 0 Å². The zero-order chi connectivity index (χ0) is 9.97. The Morgan fingerprint density at radius 3 is 2.57 bits per heavy atom. The largest absolute Gasteiger partial charge is 0.370 e. The third-order valence-corrected chi connectivity index (χ3v) is 3.34. The highest BCUT2D eigenvalue weighted by Gasteiger charge is 2.14. The van der Waals surface area contributed by atoms with Gasteiger partial charge in [0.1, 0.15) is 0 Å². The molecule has 0 spiro atoms. The lowest BCUT2D eigenvalue weighted by Crippen LogP contribution is -2.29. The van der Waals surface area contributed by atoms with Crippen LogP contribution in [0.25, 0.3) is 0 Å². The van der Waals surface area contributed by atoms with Crippen LogP contribution in [-0.2, 0) is 0 Å². The number of benzene rings is 1. The standard InChI is InChI=1S/C11H12Cl2N/c12-9-5-4-6-10(11(9)13)14-7-2-1-3-8-14/h4,6H,1-3,7-8H2. The van der Waals surface area contributed by atoms with Crippen molar-refractivity contribution in [2.45, 2.75) is 19.3 Å². The van der Waals surface area contributed by atoms with Gasteiger partial charge in [0.05, 0.1) is 15.7 Å². The van der Waals surface area contributed by atoms with E-state index in [9.17, 15) is 0 Å². The van der Waals surface area contributed by atoms with Crippen LogP contribution >= 0.6 is 23.2 Å². The van der Waals surface area contributed by atoms with Gasteiger partial charge in [0.2, 0.25) is 0 Å². The molecule has 0 unspecified atom stereocenters. The molecule has 0 saturated carbocycles. The molecule has 14 heavy (non-hydrogen) atoms. The second-order valence-electron chi connectivity index (χ2n) is 3.54. The van der Waals surface area contributed by atoms with Crippen LogP contribution in [0.2, 0.25) is 10.0 Å². The van der Waals surface area contributed by atoms with Crippen LogP contribution < -0.4 is 4.90 Å². The van der Waals surface area contributed by atoms with Gasteiger partial charge >= 0.3 is 0 Å². The molecule has 1 fully saturated rings. The molecule has 0 aromatic heterocycles. The lowest BCUT2D eigenvalue weighted by molar-refractivity contribution is 0.578. The van der Waals surface area contributed by atoms with Gasteiger partial charge in [-0.1, -0.05) is 29.3 Å². The van der Waals surface area contributed by atoms with Crippen LogP contribution in [0.1, 0.15) is 19.3 Å². The highest BCUT2D eigenvalue weighted by molar-refractivity contribution is 6.43. The molecule has 1 saturated heterocycles. The third-order valence-electron chi connectivity index (χ3n) is 2.57. The molecule has 75 valence electrons. The zero-order valence-corrected chi connectivity index (χ0v) is 9.41. The number of rotatable bonds is 1. The second-order valence-corrected chi connectivity index (χ2v) is 4.29. The Balaban J connectivity index is 2.26. The number of hydrogen-bond donors (Lipinski definition) is 0. The van der Waals surface area contributed by atoms with Gasteiger partial charge in [-0.05, 0) is 25.3 Å². The third kappa shape index (κ3) is 1.99. The van der Waals surface area contributed by atoms with Crippen molar-refractivity contribution in [3.63, 3.8) is 0 Å². The van der Waals surface area contributed by atoms with E-state index in [-0.39, 0.29) is 0 Å². The Bertz CT molecular complexity index is 319. The van der Waals surface area contributed by atoms with Crippen molar-refractivity contribution < 1.29 is 0 Å². The second kappa shape index (κ2) is 4.41. The molecule has 0 atom stereocenters. The maximum atomic E-state index is 6.12. The molecule has 0 bridgehead atoms. The lowest BCUT2D eigenvalue weighted by atomic mass is 10.1. The van der Waals surface area contributed by atoms with Crippen LogP contribution in [0, 0.1) is 6.07 Å². The van der Waals surface area contributed by atoms with E-state index >= 15 is 0 Å². The van der Waals surface area contributed by atoms with Gasteiger partial charge in [0.15, 0.2) is 0 Å². The van der Waals surface area contributed by atoms with Crippen molar-refractivity contribution in [1.29, 1.82) is 0 Å². The molecule has 1 radical (unpaired) electrons. The number of hydrogen-bond acceptors (Lipinski definition) is 1. The number of halogens is 2. The quantitative estimate of drug-likeness (QED) is 0.708. The summed E-state index contributed by atoms with van der Waals surface area (Å²) in [7, 11) is 0. The van der Waals surface area contributed by atoms with Gasteiger partial charge in [-0.3, -0.25) is 0 Å². The van der Waals surface area contributed by atoms with Crippen molar-refractivity contribution in [2.24, 2.45) is 0 Å². The first kappa shape index (κ1) is 10.1. The fourth-order valence-corrected chi connectivity index (χ4v) is 2.22. The molecule has 1 aliphatic rings. The minimum atomic E-state index is 0.523. The van der Waals surface area contributed by atoms with Gasteiger partial charge in [-0.15, -0.1) is 0 Å². The van der Waals surface area contributed by atoms with E-state index in [0.717, 1.165) is 18.8 Å². The fourth-order valence-electron chi connectivity index (χ4n) is 1.82. The predicted octanol–water partition coefficient (Wildman–Crippen LogP) is 3.78. The summed E-state index contributed by atoms with van der Waals surface area (Å²) in [5.41, 5.74) is 1.05. The first-order chi connectivity index (χ1) is 6.79. The molecule has 1 nitrogen and oxygen atoms in total. The molecule has 0 amide bonds. The summed E-state index contributed by atoms with van der Waals surface area (Å²) < 4.78 is 0. The van der Waals surface area contributed by atoms with Crippen LogP contribution in [0.4, 0.5) is 5.69 Å². The molecule has 3 heteroatoms. The summed E-state index contributed by atoms with van der Waals surface area (Å²) in [6.45, 7) is 2.17. The van der Waals surface area contributed by atoms with Crippen molar-refractivity contribution in [3.05, 3.63) is 28.2 Å². The molecule has 0 aliphatic carbocycles. The summed E-state index contributed by atoms with van der Waals surface area (Å²) in [6.07, 6.45) is 3.81. The summed E-state index contributed by atoms with van der Waals surface area (Å²) >= 11 is 12.0. The number of anilines is 1. The minimum Gasteiger partial charge on any atom is -0.370 e. The molecule has 1 aromatic rings. The fraction of sp³-hybridized carbons (Fsp3) is 0.455. The maximum Gasteiger partial charge on any atom is 0.0832 e. The van der Waals surface area contributed by atoms with Gasteiger partial charge in [0.25, 0.3) is 0 Å². The highest BCUT2D eigenvalue weighted by atomic mass is 35.5. The molecule has 0 N–H and O–H groups in total. The topological polar surface area (TPSA) is 3.24 Å². The Hall–Kier alpha value is -0.400. The van der Waals surface area contributed by atoms with Crippen LogP contribution in [0.15, 0.2) is 12.1 Å². The highest BCUT2D eigenvalue weighted by Crippen LogP contribution is 2.33. The molecule has 1 aliphatic heterocycles. The average Bonchev–Trinajstić information content (AvgIpc) is 2.23. The summed E-state index contributed by atoms with van der Waals surface area (Å²) in [6, 6.07) is 6.70. The van der Waals surface area contributed by atoms with Crippen molar-refractivity contribution in [2.75, 3.05) is 18.0 Å². The summed E-state index contributed by atoms with van der Waals surface area (Å²) in [4.78, 5) is 2.30. The van der Waals surface area contributed by atoms with E-state index in [2.05, 4.69) is 11.0 Å². The Kier molecular flexibility index (Phi) is 3.19. The zero-order valence-electron chi connectivity index (χ0n) is 7.89. The van der Waals surface area contributed by atoms with Gasteiger partial charge in [-0.25, -0.2) is 0 Å². The van der Waals surface area contributed by atoms with E-state index in [1.165, 1.54) is 19.3 Å². The van der Waals surface area contributed by atoms with Crippen molar-refractivity contribution in [3.8, 4) is 0 Å². The monoisotopic (exact) mass is 228 g/mol. The SMILES string of the molecule is Clc1[c]ccc(N2CCCCC2)c1Cl. The van der Waals surface area contributed by atoms with Gasteiger partial charge < -0.3 is 4.90 Å². The van der Waals surface area contributed by atoms with Crippen molar-refractivity contribution in [1.82, 2.24) is 0 Å². The Labute approximate surface area is 94.6 Å². The minimum absolute atomic E-state index is 0.523. The lowest BCUT2D eigenvalue weighted by Gasteiger charge is -2.29. The maximum absolute atomic E-state index is 6.12. The van der Waals surface area contributed by atoms with E-state index < -0.39 is 0 Å². The number of piperidine rings is 1. The average molecular weight is 229 g/mol. The Morgan fingerprint density at radius 1 is 1.14 bits per heavy atom. The molecular formula is C11H12Cl2N. The number of nitrogens with zero attached hydrogens (tertiary/aromatic N) is 1. The van der Waals surface area contributed by atoms with Crippen molar-refractivity contribution >= 4 is 28.9 Å². The molecule has 1 heterocycles. The first-order valence-corrected chi connectivity index (χ1v) is 5.65. The van der Waals surface area contributed by atoms with Gasteiger partial charge in [-0.2, -0.15) is 0 Å². The molecular weight excluding hydrogens is 217 g/mol. The Morgan fingerprint density at radius 2 is 1.86 bits per heavy atom. The van der Waals surface area contributed by atoms with E-state index in [1.807, 2.05) is 12.1 Å². The molecule has 1 aromatic carbocycles. The normalized spacial score (nSPS) is 17.1. The van der Waals surface area contributed by atoms with E-state index in [4.69, 9.17) is 23.2 Å². The van der Waals surface area contributed by atoms with Crippen LogP contribution in [0.5, 0.6) is 0 Å². The van der Waals surface area contributed by atoms with Gasteiger partial charge in [0, 0.05) is 19.2 Å². The molecule has 2 rings (SSSR count).